The Morgan fingerprint density at radius 3 is 2.21 bits per heavy atom. The highest BCUT2D eigenvalue weighted by Gasteiger charge is 2.31. The fourth-order valence-corrected chi connectivity index (χ4v) is 1.43. The largest absolute Gasteiger partial charge is 0.478 e. The first-order chi connectivity index (χ1) is 8.82. The smallest absolute Gasteiger partial charge is 0.416 e. The van der Waals surface area contributed by atoms with Crippen LogP contribution in [0.5, 0.6) is 0 Å². The van der Waals surface area contributed by atoms with Crippen molar-refractivity contribution in [3.63, 3.8) is 0 Å². The average molecular weight is 277 g/mol. The number of halogens is 3. The zero-order valence-electron chi connectivity index (χ0n) is 10.0. The van der Waals surface area contributed by atoms with Crippen LogP contribution in [-0.2, 0) is 10.9 Å². The number of nitrogen functional groups attached to an aromatic ring is 1. The third kappa shape index (κ3) is 4.78. The van der Waals surface area contributed by atoms with E-state index in [0.717, 1.165) is 25.3 Å². The predicted molar refractivity (Wildman–Crippen MR) is 62.9 cm³/mol. The first-order valence-corrected chi connectivity index (χ1v) is 5.60. The molecule has 0 unspecified atom stereocenters. The number of alkyl halides is 3. The summed E-state index contributed by atoms with van der Waals surface area (Å²) in [5.41, 5.74) is 3.43. The third-order valence-electron chi connectivity index (χ3n) is 2.44. The summed E-state index contributed by atoms with van der Waals surface area (Å²) in [6, 6.07) is 2.17. The van der Waals surface area contributed by atoms with E-state index in [4.69, 9.17) is 15.6 Å². The molecule has 19 heavy (non-hydrogen) atoms. The second-order valence-electron chi connectivity index (χ2n) is 3.92. The number of benzene rings is 1. The van der Waals surface area contributed by atoms with E-state index in [1.54, 1.807) is 0 Å². The van der Waals surface area contributed by atoms with Crippen LogP contribution in [0.3, 0.4) is 0 Å². The maximum Gasteiger partial charge on any atom is 0.416 e. The van der Waals surface area contributed by atoms with E-state index in [1.165, 1.54) is 12.8 Å². The van der Waals surface area contributed by atoms with E-state index in [1.807, 2.05) is 0 Å². The van der Waals surface area contributed by atoms with Gasteiger partial charge in [-0.25, -0.2) is 4.79 Å². The quantitative estimate of drug-likeness (QED) is 0.774. The Morgan fingerprint density at radius 2 is 1.84 bits per heavy atom. The fourth-order valence-electron chi connectivity index (χ4n) is 1.43. The molecule has 1 heterocycles. The van der Waals surface area contributed by atoms with Crippen LogP contribution >= 0.6 is 0 Å². The van der Waals surface area contributed by atoms with Gasteiger partial charge in [-0.05, 0) is 31.0 Å². The van der Waals surface area contributed by atoms with Crippen LogP contribution in [0.25, 0.3) is 0 Å². The van der Waals surface area contributed by atoms with E-state index in [-0.39, 0.29) is 5.69 Å². The molecule has 3 N–H and O–H groups in total. The number of rotatable bonds is 1. The maximum atomic E-state index is 12.1. The molecular weight excluding hydrogens is 263 g/mol. The highest BCUT2D eigenvalue weighted by Crippen LogP contribution is 2.31. The van der Waals surface area contributed by atoms with Gasteiger partial charge in [0.05, 0.1) is 11.1 Å². The van der Waals surface area contributed by atoms with Crippen LogP contribution in [0.15, 0.2) is 18.2 Å². The molecule has 2 rings (SSSR count). The summed E-state index contributed by atoms with van der Waals surface area (Å²) in [7, 11) is 0. The number of carboxylic acid groups (broad SMARTS) is 1. The first kappa shape index (κ1) is 15.3. The van der Waals surface area contributed by atoms with Gasteiger partial charge in [-0.2, -0.15) is 13.2 Å². The van der Waals surface area contributed by atoms with Crippen molar-refractivity contribution in [2.45, 2.75) is 19.0 Å². The minimum Gasteiger partial charge on any atom is -0.478 e. The highest BCUT2D eigenvalue weighted by atomic mass is 19.4. The molecule has 4 nitrogen and oxygen atoms in total. The zero-order valence-corrected chi connectivity index (χ0v) is 10.0. The molecule has 1 aliphatic rings. The number of carbonyl (C=O) groups is 1. The molecule has 106 valence electrons. The molecule has 0 amide bonds. The Bertz CT molecular complexity index is 435. The van der Waals surface area contributed by atoms with Gasteiger partial charge in [-0.15, -0.1) is 0 Å². The number of hydrogen-bond acceptors (Lipinski definition) is 3. The van der Waals surface area contributed by atoms with Crippen LogP contribution in [0, 0.1) is 0 Å². The summed E-state index contributed by atoms with van der Waals surface area (Å²) in [6.07, 6.45) is -2.00. The van der Waals surface area contributed by atoms with Crippen LogP contribution in [0.1, 0.15) is 28.8 Å². The van der Waals surface area contributed by atoms with Crippen molar-refractivity contribution in [1.82, 2.24) is 0 Å². The Kier molecular flexibility index (Phi) is 5.17. The topological polar surface area (TPSA) is 72.5 Å². The van der Waals surface area contributed by atoms with Gasteiger partial charge < -0.3 is 15.6 Å². The Hall–Kier alpha value is -1.76. The summed E-state index contributed by atoms with van der Waals surface area (Å²) in [6.45, 7) is 2.00. The molecule has 0 aliphatic carbocycles. The lowest BCUT2D eigenvalue weighted by molar-refractivity contribution is -0.137. The summed E-state index contributed by atoms with van der Waals surface area (Å²) in [4.78, 5) is 10.5. The second kappa shape index (κ2) is 6.42. The SMILES string of the molecule is C1CCOC1.Nc1ccc(C(F)(F)F)cc1C(=O)O. The van der Waals surface area contributed by atoms with Crippen LogP contribution in [0.4, 0.5) is 18.9 Å². The van der Waals surface area contributed by atoms with E-state index >= 15 is 0 Å². The van der Waals surface area contributed by atoms with Crippen molar-refractivity contribution >= 4 is 11.7 Å². The molecular formula is C12H14F3NO3. The van der Waals surface area contributed by atoms with E-state index in [2.05, 4.69) is 0 Å². The zero-order chi connectivity index (χ0) is 14.5. The second-order valence-corrected chi connectivity index (χ2v) is 3.92. The number of carboxylic acids is 1. The molecule has 1 aromatic rings. The van der Waals surface area contributed by atoms with Gasteiger partial charge in [0.25, 0.3) is 0 Å². The summed E-state index contributed by atoms with van der Waals surface area (Å²) in [5.74, 6) is -1.48. The minimum absolute atomic E-state index is 0.189. The van der Waals surface area contributed by atoms with E-state index in [9.17, 15) is 18.0 Å². The van der Waals surface area contributed by atoms with Crippen molar-refractivity contribution in [3.8, 4) is 0 Å². The van der Waals surface area contributed by atoms with Crippen molar-refractivity contribution in [2.75, 3.05) is 18.9 Å². The van der Waals surface area contributed by atoms with E-state index < -0.39 is 23.3 Å². The third-order valence-corrected chi connectivity index (χ3v) is 2.44. The average Bonchev–Trinajstić information content (AvgIpc) is 2.86. The molecule has 0 aromatic heterocycles. The molecule has 0 radical (unpaired) electrons. The normalized spacial score (nSPS) is 14.7. The van der Waals surface area contributed by atoms with Gasteiger partial charge in [0.15, 0.2) is 0 Å². The highest BCUT2D eigenvalue weighted by molar-refractivity contribution is 5.93. The number of nitrogens with two attached hydrogens (primary N) is 1. The van der Waals surface area contributed by atoms with Gasteiger partial charge in [-0.1, -0.05) is 0 Å². The lowest BCUT2D eigenvalue weighted by Crippen LogP contribution is -2.09. The Morgan fingerprint density at radius 1 is 1.26 bits per heavy atom. The van der Waals surface area contributed by atoms with E-state index in [0.29, 0.717) is 6.07 Å². The summed E-state index contributed by atoms with van der Waals surface area (Å²) >= 11 is 0. The fraction of sp³-hybridized carbons (Fsp3) is 0.417. The van der Waals surface area contributed by atoms with Crippen LogP contribution in [0.2, 0.25) is 0 Å². The summed E-state index contributed by atoms with van der Waals surface area (Å²) in [5, 5.41) is 8.51. The van der Waals surface area contributed by atoms with Crippen molar-refractivity contribution in [2.24, 2.45) is 0 Å². The molecule has 0 atom stereocenters. The molecule has 1 aliphatic heterocycles. The number of anilines is 1. The number of ether oxygens (including phenoxy) is 1. The molecule has 7 heteroatoms. The maximum absolute atomic E-state index is 12.1. The van der Waals surface area contributed by atoms with Gasteiger partial charge in [-0.3, -0.25) is 0 Å². The van der Waals surface area contributed by atoms with Crippen LogP contribution in [-0.4, -0.2) is 24.3 Å². The Labute approximate surface area is 108 Å². The molecule has 1 aromatic carbocycles. The van der Waals surface area contributed by atoms with Gasteiger partial charge in [0.1, 0.15) is 0 Å². The molecule has 0 bridgehead atoms. The summed E-state index contributed by atoms with van der Waals surface area (Å²) < 4.78 is 41.3. The predicted octanol–water partition coefficient (Wildman–Crippen LogP) is 2.78. The molecule has 1 fully saturated rings. The number of aromatic carboxylic acids is 1. The van der Waals surface area contributed by atoms with Crippen molar-refractivity contribution in [1.29, 1.82) is 0 Å². The first-order valence-electron chi connectivity index (χ1n) is 5.60. The van der Waals surface area contributed by atoms with Crippen molar-refractivity contribution in [3.05, 3.63) is 29.3 Å². The lowest BCUT2D eigenvalue weighted by atomic mass is 10.1. The number of hydrogen-bond donors (Lipinski definition) is 2. The lowest BCUT2D eigenvalue weighted by Gasteiger charge is -2.08. The van der Waals surface area contributed by atoms with Gasteiger partial charge in [0, 0.05) is 18.9 Å². The van der Waals surface area contributed by atoms with Gasteiger partial charge >= 0.3 is 12.1 Å². The minimum atomic E-state index is -4.56. The van der Waals surface area contributed by atoms with Gasteiger partial charge in [0.2, 0.25) is 0 Å². The van der Waals surface area contributed by atoms with Crippen molar-refractivity contribution < 1.29 is 27.8 Å². The molecule has 1 saturated heterocycles. The molecule has 0 saturated carbocycles. The van der Waals surface area contributed by atoms with Crippen LogP contribution < -0.4 is 5.73 Å². The molecule has 0 spiro atoms. The standard InChI is InChI=1S/C8H6F3NO2.C4H8O/c9-8(10,11)4-1-2-6(12)5(3-4)7(13)14;1-2-4-5-3-1/h1-3H,12H2,(H,13,14);1-4H2. The Balaban J connectivity index is 0.000000300. The monoisotopic (exact) mass is 277 g/mol.